The summed E-state index contributed by atoms with van der Waals surface area (Å²) in [4.78, 5) is 94.4. The number of nitrogens with zero attached hydrogens (tertiary/aromatic N) is 5. The number of amides is 4. The van der Waals surface area contributed by atoms with Crippen molar-refractivity contribution in [1.29, 1.82) is 0 Å². The number of ether oxygens (including phenoxy) is 4. The van der Waals surface area contributed by atoms with Gasteiger partial charge >= 0.3 is 11.9 Å². The molecular formula is C67H90N8O18S3. The number of likely N-dealkylation sites (tertiary alicyclic amines) is 2. The van der Waals surface area contributed by atoms with Crippen LogP contribution in [0.3, 0.4) is 0 Å². The fraction of sp³-hybridized carbons (Fsp3) is 0.552. The first-order chi connectivity index (χ1) is 46.0. The normalized spacial score (nSPS) is 19.4. The van der Waals surface area contributed by atoms with Crippen molar-refractivity contribution in [3.05, 3.63) is 126 Å². The summed E-state index contributed by atoms with van der Waals surface area (Å²) in [6.45, 7) is 6.45. The molecule has 4 amide bonds. The van der Waals surface area contributed by atoms with E-state index in [4.69, 9.17) is 27.3 Å². The van der Waals surface area contributed by atoms with Gasteiger partial charge in [-0.15, -0.1) is 0 Å². The van der Waals surface area contributed by atoms with Crippen molar-refractivity contribution in [2.45, 2.75) is 187 Å². The Morgan fingerprint density at radius 1 is 0.552 bits per heavy atom. The van der Waals surface area contributed by atoms with Gasteiger partial charge in [-0.3, -0.25) is 27.5 Å². The largest absolute Gasteiger partial charge is 0.467 e. The molecule has 4 fully saturated rings. The summed E-state index contributed by atoms with van der Waals surface area (Å²) in [6, 6.07) is 15.9. The van der Waals surface area contributed by atoms with Gasteiger partial charge in [0.25, 0.3) is 30.3 Å². The van der Waals surface area contributed by atoms with Gasteiger partial charge in [0.15, 0.2) is 0 Å². The van der Waals surface area contributed by atoms with Gasteiger partial charge in [-0.1, -0.05) is 91.6 Å². The van der Waals surface area contributed by atoms with Crippen molar-refractivity contribution in [2.75, 3.05) is 53.7 Å². The fourth-order valence-corrected chi connectivity index (χ4v) is 15.5. The topological polar surface area (TPSA) is 337 Å². The summed E-state index contributed by atoms with van der Waals surface area (Å²) in [6.07, 6.45) is 15.7. The molecule has 9 rings (SSSR count). The number of esters is 2. The van der Waals surface area contributed by atoms with E-state index < -0.39 is 90.4 Å². The number of imidazole rings is 2. The highest BCUT2D eigenvalue weighted by atomic mass is 32.2. The highest BCUT2D eigenvalue weighted by molar-refractivity contribution is 7.90. The third-order valence-corrected chi connectivity index (χ3v) is 22.1. The Morgan fingerprint density at radius 2 is 0.958 bits per heavy atom. The van der Waals surface area contributed by atoms with Crippen molar-refractivity contribution < 1.29 is 81.3 Å². The molecule has 6 atom stereocenters. The van der Waals surface area contributed by atoms with Crippen LogP contribution in [0.15, 0.2) is 113 Å². The van der Waals surface area contributed by atoms with E-state index >= 15 is 0 Å². The molecule has 2 aromatic heterocycles. The second-order valence-electron chi connectivity index (χ2n) is 24.9. The number of aromatic amines is 1. The summed E-state index contributed by atoms with van der Waals surface area (Å²) < 4.78 is 109. The summed E-state index contributed by atoms with van der Waals surface area (Å²) in [5.41, 5.74) is 3.67. The number of hydrogen-bond acceptors (Lipinski definition) is 20. The molecule has 0 spiro atoms. The van der Waals surface area contributed by atoms with Crippen LogP contribution in [0.4, 0.5) is 0 Å². The first-order valence-corrected chi connectivity index (χ1v) is 37.0. The van der Waals surface area contributed by atoms with E-state index in [0.29, 0.717) is 38.0 Å². The van der Waals surface area contributed by atoms with Crippen LogP contribution in [0, 0.1) is 32.6 Å². The molecule has 4 heterocycles. The predicted octanol–water partition coefficient (Wildman–Crippen LogP) is 6.36. The number of carbonyl (C=O) groups excluding carboxylic acids is 6. The zero-order valence-corrected chi connectivity index (χ0v) is 57.6. The molecule has 4 aliphatic rings. The van der Waals surface area contributed by atoms with E-state index in [-0.39, 0.29) is 103 Å². The summed E-state index contributed by atoms with van der Waals surface area (Å²) in [5.74, 6) is -2.80. The van der Waals surface area contributed by atoms with Gasteiger partial charge in [-0.05, 0) is 120 Å². The zero-order chi connectivity index (χ0) is 69.0. The van der Waals surface area contributed by atoms with Crippen molar-refractivity contribution in [3.8, 4) is 0 Å². The number of H-pyrrole nitrogens is 1. The maximum atomic E-state index is 14.2. The highest BCUT2D eigenvalue weighted by Crippen LogP contribution is 2.33. The Kier molecular flexibility index (Phi) is 27.3. The van der Waals surface area contributed by atoms with Gasteiger partial charge in [0.2, 0.25) is 23.6 Å². The molecule has 2 saturated carbocycles. The number of aryl methyl sites for hydroxylation is 3. The molecule has 2 saturated heterocycles. The lowest BCUT2D eigenvalue weighted by atomic mass is 9.83. The molecule has 0 unspecified atom stereocenters. The van der Waals surface area contributed by atoms with E-state index in [0.717, 1.165) is 91.2 Å². The molecule has 0 radical (unpaired) electrons. The SMILES string of the molecule is COC(=O)[C@@H]1C[C@@H](OCCCCOS(=O)(=O)c2ccc(C)cc2)CN1C(=O)[C@@H](NC(=O)Cc1cn(S(=O)(=O)c2ccc(C)cc2)cn1)C1CCCCC1.COC(=O)[C@@H]1C[C@@H](OCCCCOS(=O)(=O)c2ccc(C)cc2)CN1C(=O)[C@@H](NC(=O)Cc1cnc[nH]1)C1CCCCC1. The first kappa shape index (κ1) is 74.4. The van der Waals surface area contributed by atoms with Crippen LogP contribution in [0.25, 0.3) is 0 Å². The van der Waals surface area contributed by atoms with Crippen molar-refractivity contribution >= 4 is 65.8 Å². The van der Waals surface area contributed by atoms with Crippen molar-refractivity contribution in [2.24, 2.45) is 11.8 Å². The summed E-state index contributed by atoms with van der Waals surface area (Å²) in [7, 11) is -9.07. The van der Waals surface area contributed by atoms with Gasteiger partial charge in [0, 0.05) is 57.2 Å². The average molecular weight is 1390 g/mol. The number of methoxy groups -OCH3 is 2. The Bertz CT molecular complexity index is 3730. The lowest BCUT2D eigenvalue weighted by Crippen LogP contribution is -2.55. The Balaban J connectivity index is 0.000000251. The number of unbranched alkanes of at least 4 members (excludes halogenated alkanes) is 2. The molecule has 0 bridgehead atoms. The van der Waals surface area contributed by atoms with Gasteiger partial charge in [0.05, 0.1) is 79.2 Å². The third-order valence-electron chi connectivity index (χ3n) is 17.8. The second-order valence-corrected chi connectivity index (χ2v) is 30.0. The molecule has 26 nitrogen and oxygen atoms in total. The minimum Gasteiger partial charge on any atom is -0.467 e. The smallest absolute Gasteiger partial charge is 0.328 e. The van der Waals surface area contributed by atoms with Crippen LogP contribution in [-0.4, -0.2) is 180 Å². The quantitative estimate of drug-likeness (QED) is 0.0256. The number of nitrogens with one attached hydrogen (secondary N) is 3. The number of aromatic nitrogens is 4. The second kappa shape index (κ2) is 35.2. The van der Waals surface area contributed by atoms with Crippen LogP contribution >= 0.6 is 0 Å². The standard InChI is InChI=1S/C37H48N4O10S2.C30H42N4O8S/c1-26-11-15-31(16-12-26)52(45,46)40-23-29(38-25-40)21-34(42)39-35(28-9-5-4-6-10-28)36(43)41-24-30(22-33(41)37(44)49-3)50-19-7-8-20-51-53(47,48)32-17-13-27(2)14-18-32;1-21-10-12-25(13-11-21)43(38,39)42-15-7-6-14-41-24-17-26(30(37)40-2)34(19-24)29(36)28(22-8-4-3-5-9-22)33-27(35)16-23-18-31-20-32-23/h11-18,23,25,28,30,33,35H,4-10,19-22,24H2,1-3H3,(H,39,42);10-13,18,20,22,24,26,28H,3-9,14-17,19H2,1-2H3,(H,31,32)(H,33,35)/t30-,33+,35+;24-,26+,28+/m11/s1. The van der Waals surface area contributed by atoms with E-state index in [1.54, 1.807) is 42.6 Å². The predicted molar refractivity (Wildman–Crippen MR) is 350 cm³/mol. The maximum absolute atomic E-state index is 14.2. The molecule has 96 heavy (non-hydrogen) atoms. The third kappa shape index (κ3) is 20.8. The molecule has 29 heteroatoms. The first-order valence-electron chi connectivity index (χ1n) is 32.8. The van der Waals surface area contributed by atoms with Crippen LogP contribution < -0.4 is 10.6 Å². The Hall–Kier alpha value is -7.41. The van der Waals surface area contributed by atoms with E-state index in [1.165, 1.54) is 72.9 Å². The minimum atomic E-state index is -3.91. The molecule has 2 aliphatic heterocycles. The van der Waals surface area contributed by atoms with Crippen LogP contribution in [0.5, 0.6) is 0 Å². The van der Waals surface area contributed by atoms with Crippen LogP contribution in [0.2, 0.25) is 0 Å². The lowest BCUT2D eigenvalue weighted by Gasteiger charge is -2.34. The molecule has 3 aromatic carbocycles. The fourth-order valence-electron chi connectivity index (χ4n) is 12.5. The van der Waals surface area contributed by atoms with Crippen molar-refractivity contribution in [3.63, 3.8) is 0 Å². The van der Waals surface area contributed by atoms with Gasteiger partial charge < -0.3 is 44.4 Å². The molecule has 3 N–H and O–H groups in total. The molecule has 2 aliphatic carbocycles. The Morgan fingerprint density at radius 3 is 1.36 bits per heavy atom. The minimum absolute atomic E-state index is 0.0148. The number of rotatable bonds is 30. The number of benzene rings is 3. The lowest BCUT2D eigenvalue weighted by molar-refractivity contribution is -0.152. The van der Waals surface area contributed by atoms with E-state index in [9.17, 15) is 54.0 Å². The monoisotopic (exact) mass is 1390 g/mol. The average Bonchev–Trinajstić information content (AvgIpc) is 1.64. The summed E-state index contributed by atoms with van der Waals surface area (Å²) >= 11 is 0. The van der Waals surface area contributed by atoms with Crippen LogP contribution in [-0.2, 0) is 99.2 Å². The van der Waals surface area contributed by atoms with Crippen LogP contribution in [0.1, 0.15) is 131 Å². The zero-order valence-electron chi connectivity index (χ0n) is 55.1. The molecule has 5 aromatic rings. The molecular weight excluding hydrogens is 1300 g/mol. The van der Waals surface area contributed by atoms with E-state index in [1.807, 2.05) is 20.8 Å². The number of carbonyl (C=O) groups is 6. The Labute approximate surface area is 562 Å². The summed E-state index contributed by atoms with van der Waals surface area (Å²) in [5, 5.41) is 5.85. The highest BCUT2D eigenvalue weighted by Gasteiger charge is 2.47. The van der Waals surface area contributed by atoms with Gasteiger partial charge in [-0.2, -0.15) is 16.8 Å². The molecule has 524 valence electrons. The van der Waals surface area contributed by atoms with Gasteiger partial charge in [0.1, 0.15) is 30.5 Å². The van der Waals surface area contributed by atoms with Crippen molar-refractivity contribution in [1.82, 2.24) is 39.4 Å². The maximum Gasteiger partial charge on any atom is 0.328 e. The number of hydrogen-bond donors (Lipinski definition) is 3. The van der Waals surface area contributed by atoms with Gasteiger partial charge in [-0.25, -0.2) is 31.9 Å². The van der Waals surface area contributed by atoms with E-state index in [2.05, 4.69) is 25.6 Å².